The second-order valence-electron chi connectivity index (χ2n) is 7.47. The average molecular weight is 502 g/mol. The van der Waals surface area contributed by atoms with Gasteiger partial charge in [-0.2, -0.15) is 39.5 Å². The molecule has 0 aliphatic carbocycles. The summed E-state index contributed by atoms with van der Waals surface area (Å²) >= 11 is 0. The highest BCUT2D eigenvalue weighted by Crippen LogP contribution is 2.54. The van der Waals surface area contributed by atoms with Crippen LogP contribution in [-0.4, -0.2) is 47.6 Å². The molecule has 0 fully saturated rings. The van der Waals surface area contributed by atoms with Crippen LogP contribution in [0.1, 0.15) is 71.1 Å². The van der Waals surface area contributed by atoms with Crippen molar-refractivity contribution in [3.05, 3.63) is 11.6 Å². The maximum atomic E-state index is 13.6. The van der Waals surface area contributed by atoms with E-state index in [1.165, 1.54) is 0 Å². The Morgan fingerprint density at radius 3 is 1.73 bits per heavy atom. The molecule has 0 aromatic carbocycles. The lowest BCUT2D eigenvalue weighted by atomic mass is 9.97. The third kappa shape index (κ3) is 9.44. The fourth-order valence-electron chi connectivity index (χ4n) is 2.73. The smallest absolute Gasteiger partial charge is 0.460 e. The van der Waals surface area contributed by atoms with Crippen molar-refractivity contribution in [2.45, 2.75) is 95.1 Å². The molecular weight excluding hydrogens is 475 g/mol. The van der Waals surface area contributed by atoms with E-state index in [2.05, 4.69) is 6.92 Å². The fraction of sp³-hybridized carbons (Fsp3) is 0.800. The summed E-state index contributed by atoms with van der Waals surface area (Å²) in [7, 11) is 0. The van der Waals surface area contributed by atoms with E-state index in [-0.39, 0.29) is 12.7 Å². The number of rotatable bonds is 16. The van der Waals surface area contributed by atoms with Crippen LogP contribution in [0.5, 0.6) is 0 Å². The fourth-order valence-corrected chi connectivity index (χ4v) is 2.73. The molecule has 194 valence electrons. The van der Waals surface area contributed by atoms with Crippen LogP contribution in [0.25, 0.3) is 0 Å². The normalized spacial score (nSPS) is 13.8. The van der Waals surface area contributed by atoms with E-state index in [0.717, 1.165) is 38.5 Å². The molecule has 0 unspecified atom stereocenters. The van der Waals surface area contributed by atoms with E-state index >= 15 is 0 Å². The van der Waals surface area contributed by atoms with Crippen LogP contribution in [-0.2, 0) is 14.3 Å². The molecular formula is C20H27F9O4. The van der Waals surface area contributed by atoms with Gasteiger partial charge in [0.15, 0.2) is 0 Å². The Kier molecular flexibility index (Phi) is 12.3. The third-order valence-corrected chi connectivity index (χ3v) is 4.71. The van der Waals surface area contributed by atoms with E-state index in [1.807, 2.05) is 0 Å². The molecule has 0 aliphatic heterocycles. The van der Waals surface area contributed by atoms with Gasteiger partial charge in [0.05, 0.1) is 6.61 Å². The highest BCUT2D eigenvalue weighted by Gasteiger charge is 2.81. The predicted octanol–water partition coefficient (Wildman–Crippen LogP) is 6.93. The molecule has 0 saturated heterocycles. The van der Waals surface area contributed by atoms with E-state index in [0.29, 0.717) is 12.8 Å². The summed E-state index contributed by atoms with van der Waals surface area (Å²) in [5.74, 6) is -23.1. The molecule has 0 spiro atoms. The molecule has 13 heteroatoms. The molecule has 0 aromatic rings. The minimum atomic E-state index is -7.06. The van der Waals surface area contributed by atoms with Gasteiger partial charge in [-0.3, -0.25) is 0 Å². The van der Waals surface area contributed by atoms with Crippen LogP contribution >= 0.6 is 0 Å². The number of unbranched alkanes of at least 4 members (excludes halogenated alkanes) is 7. The molecule has 1 N–H and O–H groups in total. The number of hydrogen-bond acceptors (Lipinski definition) is 3. The summed E-state index contributed by atoms with van der Waals surface area (Å²) in [4.78, 5) is 22.7. The molecule has 0 rings (SSSR count). The van der Waals surface area contributed by atoms with Crippen LogP contribution in [0, 0.1) is 0 Å². The van der Waals surface area contributed by atoms with Gasteiger partial charge in [0, 0.05) is 18.1 Å². The zero-order valence-electron chi connectivity index (χ0n) is 17.9. The van der Waals surface area contributed by atoms with Crippen molar-refractivity contribution in [3.63, 3.8) is 0 Å². The number of ether oxygens (including phenoxy) is 1. The van der Waals surface area contributed by atoms with Gasteiger partial charge < -0.3 is 9.84 Å². The van der Waals surface area contributed by atoms with Crippen molar-refractivity contribution < 1.29 is 58.9 Å². The van der Waals surface area contributed by atoms with Crippen LogP contribution in [0.4, 0.5) is 39.5 Å². The Morgan fingerprint density at radius 1 is 0.788 bits per heavy atom. The van der Waals surface area contributed by atoms with Crippen molar-refractivity contribution in [1.29, 1.82) is 0 Å². The van der Waals surface area contributed by atoms with Crippen LogP contribution < -0.4 is 0 Å². The van der Waals surface area contributed by atoms with E-state index in [1.54, 1.807) is 0 Å². The Morgan fingerprint density at radius 2 is 1.27 bits per heavy atom. The molecule has 33 heavy (non-hydrogen) atoms. The zero-order chi connectivity index (χ0) is 25.9. The van der Waals surface area contributed by atoms with Gasteiger partial charge in [0.1, 0.15) is 0 Å². The molecule has 4 nitrogen and oxygen atoms in total. The minimum Gasteiger partial charge on any atom is -0.478 e. The van der Waals surface area contributed by atoms with Gasteiger partial charge in [-0.15, -0.1) is 0 Å². The summed E-state index contributed by atoms with van der Waals surface area (Å²) in [6.07, 6.45) is -3.79. The maximum Gasteiger partial charge on any atom is 0.460 e. The first-order chi connectivity index (χ1) is 15.0. The lowest BCUT2D eigenvalue weighted by Crippen LogP contribution is -2.60. The summed E-state index contributed by atoms with van der Waals surface area (Å²) in [5, 5.41) is 8.70. The number of carboxylic acids is 1. The number of aliphatic carboxylic acids is 1. The molecule has 0 heterocycles. The quantitative estimate of drug-likeness (QED) is 0.108. The number of carbonyl (C=O) groups excluding carboxylic acids is 1. The number of alkyl halides is 9. The summed E-state index contributed by atoms with van der Waals surface area (Å²) in [5.41, 5.74) is -1.08. The number of carbonyl (C=O) groups is 2. The number of halogens is 9. The molecule has 0 aromatic heterocycles. The number of esters is 1. The largest absolute Gasteiger partial charge is 0.478 e. The Labute approximate surface area is 185 Å². The topological polar surface area (TPSA) is 63.6 Å². The molecule has 0 bridgehead atoms. The lowest BCUT2D eigenvalue weighted by molar-refractivity contribution is -0.396. The van der Waals surface area contributed by atoms with Crippen molar-refractivity contribution in [2.24, 2.45) is 0 Å². The third-order valence-electron chi connectivity index (χ3n) is 4.71. The first-order valence-electron chi connectivity index (χ1n) is 10.3. The van der Waals surface area contributed by atoms with Crippen LogP contribution in [0.3, 0.4) is 0 Å². The Hall–Kier alpha value is -1.95. The van der Waals surface area contributed by atoms with Gasteiger partial charge in [0.25, 0.3) is 0 Å². The average Bonchev–Trinajstić information content (AvgIpc) is 2.68. The summed E-state index contributed by atoms with van der Waals surface area (Å²) < 4.78 is 121. The van der Waals surface area contributed by atoms with Crippen molar-refractivity contribution in [1.82, 2.24) is 0 Å². The minimum absolute atomic E-state index is 0.0478. The molecule has 0 amide bonds. The van der Waals surface area contributed by atoms with Crippen LogP contribution in [0.15, 0.2) is 11.6 Å². The molecule has 0 aliphatic rings. The van der Waals surface area contributed by atoms with Crippen molar-refractivity contribution in [2.75, 3.05) is 6.61 Å². The monoisotopic (exact) mass is 502 g/mol. The van der Waals surface area contributed by atoms with E-state index in [9.17, 15) is 49.1 Å². The predicted molar refractivity (Wildman–Crippen MR) is 99.4 cm³/mol. The molecule has 0 radical (unpaired) electrons. The van der Waals surface area contributed by atoms with Gasteiger partial charge in [-0.25, -0.2) is 9.59 Å². The van der Waals surface area contributed by atoms with E-state index < -0.39 is 54.3 Å². The van der Waals surface area contributed by atoms with Crippen molar-refractivity contribution >= 4 is 11.9 Å². The van der Waals surface area contributed by atoms with E-state index in [4.69, 9.17) is 9.84 Å². The van der Waals surface area contributed by atoms with Gasteiger partial charge in [-0.1, -0.05) is 51.9 Å². The summed E-state index contributed by atoms with van der Waals surface area (Å²) in [6, 6.07) is 0. The Bertz CT molecular complexity index is 658. The number of hydrogen-bond donors (Lipinski definition) is 1. The number of carboxylic acid groups (broad SMARTS) is 1. The first-order valence-corrected chi connectivity index (χ1v) is 10.3. The van der Waals surface area contributed by atoms with Crippen LogP contribution in [0.2, 0.25) is 0 Å². The van der Waals surface area contributed by atoms with Gasteiger partial charge in [0.2, 0.25) is 0 Å². The maximum absolute atomic E-state index is 13.6. The standard InChI is InChI=1S/C20H27F9O4/c1-2-3-4-5-6-7-8-9-12-33-16(32)14(13-15(30)31)10-11-17(21,22)18(23,24)19(25,26)20(27,28)29/h13H,2-12H2,1H3,(H,30,31). The first kappa shape index (κ1) is 31.0. The molecule has 0 atom stereocenters. The van der Waals surface area contributed by atoms with Gasteiger partial charge in [-0.05, 0) is 12.8 Å². The SMILES string of the molecule is CCCCCCCCCCOC(=O)C(=CC(=O)O)CCC(F)(F)C(F)(F)C(F)(F)C(F)(F)F. The van der Waals surface area contributed by atoms with Crippen molar-refractivity contribution in [3.8, 4) is 0 Å². The highest BCUT2D eigenvalue weighted by molar-refractivity contribution is 5.95. The highest BCUT2D eigenvalue weighted by atomic mass is 19.4. The summed E-state index contributed by atoms with van der Waals surface area (Å²) in [6.45, 7) is 1.81. The molecule has 0 saturated carbocycles. The Balaban J connectivity index is 4.92. The lowest BCUT2D eigenvalue weighted by Gasteiger charge is -2.33. The second kappa shape index (κ2) is 13.1. The zero-order valence-corrected chi connectivity index (χ0v) is 17.9. The van der Waals surface area contributed by atoms with Gasteiger partial charge >= 0.3 is 35.9 Å². The second-order valence-corrected chi connectivity index (χ2v) is 7.47.